The van der Waals surface area contributed by atoms with E-state index in [9.17, 15) is 4.79 Å². The van der Waals surface area contributed by atoms with Crippen LogP contribution >= 0.6 is 0 Å². The number of carbonyl (C=O) groups is 1. The maximum absolute atomic E-state index is 11.9. The number of benzene rings is 1. The van der Waals surface area contributed by atoms with Crippen molar-refractivity contribution >= 4 is 5.91 Å². The molecular weight excluding hydrogens is 240 g/mol. The summed E-state index contributed by atoms with van der Waals surface area (Å²) < 4.78 is 5.47. The number of hydrogen-bond donors (Lipinski definition) is 2. The minimum absolute atomic E-state index is 0.0134. The van der Waals surface area contributed by atoms with Crippen molar-refractivity contribution in [3.05, 3.63) is 29.3 Å². The first-order chi connectivity index (χ1) is 9.03. The normalized spacial score (nSPS) is 13.8. The summed E-state index contributed by atoms with van der Waals surface area (Å²) in [7, 11) is 0. The van der Waals surface area contributed by atoms with E-state index in [1.165, 1.54) is 11.1 Å². The van der Waals surface area contributed by atoms with E-state index >= 15 is 0 Å². The molecule has 0 spiro atoms. The van der Waals surface area contributed by atoms with Crippen molar-refractivity contribution in [2.45, 2.75) is 26.7 Å². The highest BCUT2D eigenvalue weighted by atomic mass is 16.5. The van der Waals surface area contributed by atoms with E-state index < -0.39 is 5.41 Å². The molecule has 1 amide bonds. The van der Waals surface area contributed by atoms with Gasteiger partial charge in [0.25, 0.3) is 0 Å². The van der Waals surface area contributed by atoms with Crippen molar-refractivity contribution in [3.63, 3.8) is 0 Å². The number of nitrogens with one attached hydrogen (secondary N) is 1. The van der Waals surface area contributed by atoms with Crippen LogP contribution in [-0.2, 0) is 17.6 Å². The Kier molecular flexibility index (Phi) is 4.10. The first-order valence-corrected chi connectivity index (χ1v) is 6.76. The first-order valence-electron chi connectivity index (χ1n) is 6.76. The third-order valence-corrected chi connectivity index (χ3v) is 3.58. The van der Waals surface area contributed by atoms with Gasteiger partial charge in [-0.05, 0) is 37.5 Å². The molecule has 2 rings (SSSR count). The molecule has 0 aromatic heterocycles. The molecule has 1 aromatic rings. The zero-order valence-corrected chi connectivity index (χ0v) is 11.7. The van der Waals surface area contributed by atoms with Crippen molar-refractivity contribution < 1.29 is 9.53 Å². The standard InChI is InChI=1S/C15H22N2O2/c1-15(2,10-16)14(18)17-7-5-11-3-4-13-12(9-11)6-8-19-13/h3-4,9H,5-8,10,16H2,1-2H3,(H,17,18). The molecule has 1 aliphatic heterocycles. The van der Waals surface area contributed by atoms with Gasteiger partial charge < -0.3 is 15.8 Å². The van der Waals surface area contributed by atoms with E-state index in [0.717, 1.165) is 25.2 Å². The zero-order valence-electron chi connectivity index (χ0n) is 11.7. The molecule has 0 fully saturated rings. The summed E-state index contributed by atoms with van der Waals surface area (Å²) in [6.07, 6.45) is 1.81. The fourth-order valence-electron chi connectivity index (χ4n) is 2.05. The van der Waals surface area contributed by atoms with Gasteiger partial charge in [0.1, 0.15) is 5.75 Å². The van der Waals surface area contributed by atoms with E-state index in [2.05, 4.69) is 17.4 Å². The van der Waals surface area contributed by atoms with Crippen molar-refractivity contribution in [1.29, 1.82) is 0 Å². The Labute approximate surface area is 114 Å². The lowest BCUT2D eigenvalue weighted by atomic mass is 9.92. The molecular formula is C15H22N2O2. The summed E-state index contributed by atoms with van der Waals surface area (Å²) >= 11 is 0. The molecule has 0 aliphatic carbocycles. The van der Waals surface area contributed by atoms with E-state index in [0.29, 0.717) is 13.1 Å². The van der Waals surface area contributed by atoms with Crippen LogP contribution < -0.4 is 15.8 Å². The topological polar surface area (TPSA) is 64.4 Å². The van der Waals surface area contributed by atoms with Gasteiger partial charge in [-0.15, -0.1) is 0 Å². The van der Waals surface area contributed by atoms with Gasteiger partial charge in [-0.3, -0.25) is 4.79 Å². The smallest absolute Gasteiger partial charge is 0.226 e. The molecule has 0 atom stereocenters. The van der Waals surface area contributed by atoms with Crippen LogP contribution in [0.15, 0.2) is 18.2 Å². The predicted molar refractivity (Wildman–Crippen MR) is 75.2 cm³/mol. The quantitative estimate of drug-likeness (QED) is 0.840. The van der Waals surface area contributed by atoms with Crippen molar-refractivity contribution in [3.8, 4) is 5.75 Å². The van der Waals surface area contributed by atoms with Crippen LogP contribution in [0.5, 0.6) is 5.75 Å². The molecule has 4 heteroatoms. The summed E-state index contributed by atoms with van der Waals surface area (Å²) in [5, 5.41) is 2.94. The van der Waals surface area contributed by atoms with Gasteiger partial charge in [0.05, 0.1) is 12.0 Å². The fraction of sp³-hybridized carbons (Fsp3) is 0.533. The average Bonchev–Trinajstić information content (AvgIpc) is 2.86. The SMILES string of the molecule is CC(C)(CN)C(=O)NCCc1ccc2c(c1)CCO2. The summed E-state index contributed by atoms with van der Waals surface area (Å²) in [5.41, 5.74) is 7.58. The van der Waals surface area contributed by atoms with E-state index in [-0.39, 0.29) is 5.91 Å². The van der Waals surface area contributed by atoms with Crippen LogP contribution in [0.25, 0.3) is 0 Å². The molecule has 0 radical (unpaired) electrons. The number of carbonyl (C=O) groups excluding carboxylic acids is 1. The third kappa shape index (κ3) is 3.26. The number of nitrogens with two attached hydrogens (primary N) is 1. The molecule has 0 saturated carbocycles. The molecule has 19 heavy (non-hydrogen) atoms. The van der Waals surface area contributed by atoms with Gasteiger partial charge in [-0.2, -0.15) is 0 Å². The summed E-state index contributed by atoms with van der Waals surface area (Å²) in [6, 6.07) is 6.25. The number of fused-ring (bicyclic) bond motifs is 1. The lowest BCUT2D eigenvalue weighted by Gasteiger charge is -2.21. The highest BCUT2D eigenvalue weighted by Gasteiger charge is 2.25. The molecule has 0 bridgehead atoms. The minimum Gasteiger partial charge on any atom is -0.493 e. The van der Waals surface area contributed by atoms with Crippen LogP contribution in [-0.4, -0.2) is 25.6 Å². The number of rotatable bonds is 5. The molecule has 3 N–H and O–H groups in total. The van der Waals surface area contributed by atoms with Crippen LogP contribution in [0, 0.1) is 5.41 Å². The van der Waals surface area contributed by atoms with Crippen molar-refractivity contribution in [2.75, 3.05) is 19.7 Å². The minimum atomic E-state index is -0.494. The van der Waals surface area contributed by atoms with Gasteiger partial charge in [-0.25, -0.2) is 0 Å². The van der Waals surface area contributed by atoms with Crippen LogP contribution in [0.3, 0.4) is 0 Å². The Bertz CT molecular complexity index is 469. The largest absolute Gasteiger partial charge is 0.493 e. The number of hydrogen-bond acceptors (Lipinski definition) is 3. The second-order valence-corrected chi connectivity index (χ2v) is 5.63. The van der Waals surface area contributed by atoms with Gasteiger partial charge in [0.15, 0.2) is 0 Å². The Morgan fingerprint density at radius 3 is 3.00 bits per heavy atom. The Morgan fingerprint density at radius 2 is 2.26 bits per heavy atom. The van der Waals surface area contributed by atoms with Crippen molar-refractivity contribution in [1.82, 2.24) is 5.32 Å². The number of amides is 1. The maximum Gasteiger partial charge on any atom is 0.226 e. The molecule has 104 valence electrons. The average molecular weight is 262 g/mol. The zero-order chi connectivity index (χ0) is 13.9. The second-order valence-electron chi connectivity index (χ2n) is 5.63. The predicted octanol–water partition coefficient (Wildman–Crippen LogP) is 1.27. The molecule has 0 saturated heterocycles. The monoisotopic (exact) mass is 262 g/mol. The van der Waals surface area contributed by atoms with E-state index in [1.54, 1.807) is 0 Å². The fourth-order valence-corrected chi connectivity index (χ4v) is 2.05. The summed E-state index contributed by atoms with van der Waals surface area (Å²) in [4.78, 5) is 11.9. The van der Waals surface area contributed by atoms with E-state index in [1.807, 2.05) is 19.9 Å². The lowest BCUT2D eigenvalue weighted by molar-refractivity contribution is -0.128. The Hall–Kier alpha value is -1.55. The second kappa shape index (κ2) is 5.61. The van der Waals surface area contributed by atoms with Crippen LogP contribution in [0.1, 0.15) is 25.0 Å². The summed E-state index contributed by atoms with van der Waals surface area (Å²) in [5.74, 6) is 1.01. The Morgan fingerprint density at radius 1 is 1.47 bits per heavy atom. The first kappa shape index (κ1) is 13.9. The summed E-state index contributed by atoms with van der Waals surface area (Å²) in [6.45, 7) is 5.49. The molecule has 1 aliphatic rings. The van der Waals surface area contributed by atoms with Gasteiger partial charge in [0, 0.05) is 19.5 Å². The van der Waals surface area contributed by atoms with Gasteiger partial charge in [-0.1, -0.05) is 12.1 Å². The number of ether oxygens (including phenoxy) is 1. The molecule has 0 unspecified atom stereocenters. The molecule has 1 heterocycles. The van der Waals surface area contributed by atoms with Crippen LogP contribution in [0.2, 0.25) is 0 Å². The van der Waals surface area contributed by atoms with Crippen LogP contribution in [0.4, 0.5) is 0 Å². The highest BCUT2D eigenvalue weighted by molar-refractivity contribution is 5.82. The van der Waals surface area contributed by atoms with Gasteiger partial charge in [0.2, 0.25) is 5.91 Å². The van der Waals surface area contributed by atoms with Crippen molar-refractivity contribution in [2.24, 2.45) is 11.1 Å². The highest BCUT2D eigenvalue weighted by Crippen LogP contribution is 2.25. The maximum atomic E-state index is 11.9. The lowest BCUT2D eigenvalue weighted by Crippen LogP contribution is -2.42. The van der Waals surface area contributed by atoms with Gasteiger partial charge >= 0.3 is 0 Å². The molecule has 1 aromatic carbocycles. The Balaban J connectivity index is 1.85. The van der Waals surface area contributed by atoms with E-state index in [4.69, 9.17) is 10.5 Å². The molecule has 4 nitrogen and oxygen atoms in total. The third-order valence-electron chi connectivity index (χ3n) is 3.58.